The fourth-order valence-electron chi connectivity index (χ4n) is 0.926. The molecule has 0 saturated heterocycles. The zero-order valence-corrected chi connectivity index (χ0v) is 10.9. The molecule has 0 heterocycles. The maximum atomic E-state index is 5.56. The van der Waals surface area contributed by atoms with Gasteiger partial charge in [0.15, 0.2) is 0 Å². The van der Waals surface area contributed by atoms with E-state index in [1.54, 1.807) is 24.3 Å². The summed E-state index contributed by atoms with van der Waals surface area (Å²) in [7, 11) is 0. The standard InChI is InChI=1S/C6H6BrN.C6H6ClN/c2*7-5-1-3-6(8)4-2-5/h2*1-4H,8H2. The summed E-state index contributed by atoms with van der Waals surface area (Å²) in [5.74, 6) is 0. The van der Waals surface area contributed by atoms with Crippen LogP contribution in [0.3, 0.4) is 0 Å². The van der Waals surface area contributed by atoms with Crippen molar-refractivity contribution in [3.63, 3.8) is 0 Å². The molecule has 2 aromatic carbocycles. The number of nitrogens with two attached hydrogens (primary N) is 2. The predicted molar refractivity (Wildman–Crippen MR) is 74.4 cm³/mol. The van der Waals surface area contributed by atoms with Crippen LogP contribution in [0.2, 0.25) is 5.02 Å². The summed E-state index contributed by atoms with van der Waals surface area (Å²) in [5.41, 5.74) is 12.3. The SMILES string of the molecule is Nc1ccc(Br)cc1.Nc1ccc(Cl)cc1. The number of anilines is 2. The predicted octanol–water partition coefficient (Wildman–Crippen LogP) is 3.95. The molecule has 0 atom stereocenters. The molecule has 2 nitrogen and oxygen atoms in total. The minimum Gasteiger partial charge on any atom is -0.399 e. The third-order valence-corrected chi connectivity index (χ3v) is 2.52. The lowest BCUT2D eigenvalue weighted by molar-refractivity contribution is 1.64. The molecule has 0 radical (unpaired) electrons. The number of benzene rings is 2. The molecule has 0 aliphatic rings. The molecule has 0 aliphatic carbocycles. The van der Waals surface area contributed by atoms with Crippen LogP contribution in [0.15, 0.2) is 53.0 Å². The maximum absolute atomic E-state index is 5.56. The average Bonchev–Trinajstić information content (AvgIpc) is 2.28. The van der Waals surface area contributed by atoms with Crippen LogP contribution in [-0.4, -0.2) is 0 Å². The van der Waals surface area contributed by atoms with Crippen molar-refractivity contribution >= 4 is 38.9 Å². The first-order chi connectivity index (χ1) is 7.58. The Hall–Kier alpha value is -1.19. The Labute approximate surface area is 108 Å². The molecule has 16 heavy (non-hydrogen) atoms. The van der Waals surface area contributed by atoms with Gasteiger partial charge in [0, 0.05) is 20.9 Å². The van der Waals surface area contributed by atoms with Crippen molar-refractivity contribution in [1.82, 2.24) is 0 Å². The fourth-order valence-corrected chi connectivity index (χ4v) is 1.32. The number of hydrogen-bond acceptors (Lipinski definition) is 2. The Morgan fingerprint density at radius 1 is 0.750 bits per heavy atom. The van der Waals surface area contributed by atoms with Crippen molar-refractivity contribution in [1.29, 1.82) is 0 Å². The summed E-state index contributed by atoms with van der Waals surface area (Å²) in [6.45, 7) is 0. The number of halogens is 2. The van der Waals surface area contributed by atoms with Crippen LogP contribution >= 0.6 is 27.5 Å². The molecule has 4 N–H and O–H groups in total. The van der Waals surface area contributed by atoms with E-state index in [2.05, 4.69) is 15.9 Å². The van der Waals surface area contributed by atoms with E-state index >= 15 is 0 Å². The lowest BCUT2D eigenvalue weighted by Gasteiger charge is -1.88. The minimum absolute atomic E-state index is 0.721. The van der Waals surface area contributed by atoms with Crippen molar-refractivity contribution < 1.29 is 0 Å². The first kappa shape index (κ1) is 12.9. The van der Waals surface area contributed by atoms with E-state index in [-0.39, 0.29) is 0 Å². The van der Waals surface area contributed by atoms with Gasteiger partial charge in [0.2, 0.25) is 0 Å². The summed E-state index contributed by atoms with van der Waals surface area (Å²) < 4.78 is 1.06. The van der Waals surface area contributed by atoms with Gasteiger partial charge >= 0.3 is 0 Å². The van der Waals surface area contributed by atoms with Crippen LogP contribution in [0.1, 0.15) is 0 Å². The lowest BCUT2D eigenvalue weighted by atomic mass is 10.3. The van der Waals surface area contributed by atoms with Crippen molar-refractivity contribution in [2.45, 2.75) is 0 Å². The molecule has 2 aromatic rings. The van der Waals surface area contributed by atoms with E-state index in [9.17, 15) is 0 Å². The van der Waals surface area contributed by atoms with Crippen LogP contribution in [0, 0.1) is 0 Å². The van der Waals surface area contributed by atoms with E-state index in [1.807, 2.05) is 24.3 Å². The monoisotopic (exact) mass is 298 g/mol. The summed E-state index contributed by atoms with van der Waals surface area (Å²) in [4.78, 5) is 0. The molecular weight excluding hydrogens is 288 g/mol. The molecule has 0 unspecified atom stereocenters. The molecule has 0 fully saturated rings. The second kappa shape index (κ2) is 6.40. The molecule has 0 aromatic heterocycles. The minimum atomic E-state index is 0.721. The molecule has 0 saturated carbocycles. The largest absolute Gasteiger partial charge is 0.399 e. The molecule has 0 spiro atoms. The highest BCUT2D eigenvalue weighted by Gasteiger charge is 1.82. The van der Waals surface area contributed by atoms with Crippen molar-refractivity contribution in [2.24, 2.45) is 0 Å². The smallest absolute Gasteiger partial charge is 0.0407 e. The van der Waals surface area contributed by atoms with E-state index in [4.69, 9.17) is 23.1 Å². The number of rotatable bonds is 0. The average molecular weight is 300 g/mol. The summed E-state index contributed by atoms with van der Waals surface area (Å²) in [6.07, 6.45) is 0. The molecule has 4 heteroatoms. The first-order valence-electron chi connectivity index (χ1n) is 4.60. The van der Waals surface area contributed by atoms with E-state index in [1.165, 1.54) is 0 Å². The summed E-state index contributed by atoms with van der Waals surface area (Å²) in [5, 5.41) is 0.721. The Morgan fingerprint density at radius 3 is 1.44 bits per heavy atom. The topological polar surface area (TPSA) is 52.0 Å². The zero-order chi connectivity index (χ0) is 12.0. The van der Waals surface area contributed by atoms with Crippen LogP contribution in [0.5, 0.6) is 0 Å². The normalized spacial score (nSPS) is 9.12. The van der Waals surface area contributed by atoms with Gasteiger partial charge < -0.3 is 11.5 Å². The highest BCUT2D eigenvalue weighted by Crippen LogP contribution is 2.10. The van der Waals surface area contributed by atoms with Gasteiger partial charge in [-0.05, 0) is 48.5 Å². The van der Waals surface area contributed by atoms with Crippen LogP contribution in [0.4, 0.5) is 11.4 Å². The van der Waals surface area contributed by atoms with Crippen molar-refractivity contribution in [3.05, 3.63) is 58.0 Å². The highest BCUT2D eigenvalue weighted by atomic mass is 79.9. The van der Waals surface area contributed by atoms with Gasteiger partial charge in [-0.1, -0.05) is 27.5 Å². The van der Waals surface area contributed by atoms with Gasteiger partial charge in [0.25, 0.3) is 0 Å². The second-order valence-electron chi connectivity index (χ2n) is 3.10. The van der Waals surface area contributed by atoms with Gasteiger partial charge in [-0.25, -0.2) is 0 Å². The molecule has 2 rings (SSSR count). The third kappa shape index (κ3) is 5.05. The Kier molecular flexibility index (Phi) is 5.15. The molecule has 84 valence electrons. The second-order valence-corrected chi connectivity index (χ2v) is 4.46. The van der Waals surface area contributed by atoms with Crippen molar-refractivity contribution in [3.8, 4) is 0 Å². The number of nitrogen functional groups attached to an aromatic ring is 2. The van der Waals surface area contributed by atoms with Gasteiger partial charge in [0.05, 0.1) is 0 Å². The van der Waals surface area contributed by atoms with Crippen molar-refractivity contribution in [2.75, 3.05) is 11.5 Å². The van der Waals surface area contributed by atoms with Crippen LogP contribution < -0.4 is 11.5 Å². The zero-order valence-electron chi connectivity index (χ0n) is 8.53. The Balaban J connectivity index is 0.000000160. The van der Waals surface area contributed by atoms with E-state index < -0.39 is 0 Å². The summed E-state index contributed by atoms with van der Waals surface area (Å²) >= 11 is 8.85. The van der Waals surface area contributed by atoms with Crippen LogP contribution in [0.25, 0.3) is 0 Å². The Bertz CT molecular complexity index is 340. The molecule has 0 amide bonds. The van der Waals surface area contributed by atoms with E-state index in [0.717, 1.165) is 20.9 Å². The quantitative estimate of drug-likeness (QED) is 0.724. The maximum Gasteiger partial charge on any atom is 0.0407 e. The first-order valence-corrected chi connectivity index (χ1v) is 5.77. The fraction of sp³-hybridized carbons (Fsp3) is 0. The van der Waals surface area contributed by atoms with Gasteiger partial charge in [-0.3, -0.25) is 0 Å². The molecule has 0 aliphatic heterocycles. The lowest BCUT2D eigenvalue weighted by Crippen LogP contribution is -1.80. The molecule has 0 bridgehead atoms. The van der Waals surface area contributed by atoms with Gasteiger partial charge in [-0.2, -0.15) is 0 Å². The molecular formula is C12H12BrClN2. The van der Waals surface area contributed by atoms with Gasteiger partial charge in [0.1, 0.15) is 0 Å². The van der Waals surface area contributed by atoms with Gasteiger partial charge in [-0.15, -0.1) is 0 Å². The number of hydrogen-bond donors (Lipinski definition) is 2. The third-order valence-electron chi connectivity index (χ3n) is 1.74. The van der Waals surface area contributed by atoms with E-state index in [0.29, 0.717) is 0 Å². The Morgan fingerprint density at radius 2 is 1.12 bits per heavy atom. The summed E-state index contributed by atoms with van der Waals surface area (Å²) in [6, 6.07) is 14.6. The van der Waals surface area contributed by atoms with Crippen LogP contribution in [-0.2, 0) is 0 Å². The highest BCUT2D eigenvalue weighted by molar-refractivity contribution is 9.10.